The van der Waals surface area contributed by atoms with Gasteiger partial charge < -0.3 is 9.84 Å². The summed E-state index contributed by atoms with van der Waals surface area (Å²) in [5.74, 6) is 4.27. The van der Waals surface area contributed by atoms with Gasteiger partial charge in [-0.2, -0.15) is 0 Å². The van der Waals surface area contributed by atoms with E-state index in [2.05, 4.69) is 48.5 Å². The lowest BCUT2D eigenvalue weighted by atomic mass is 9.32. The summed E-state index contributed by atoms with van der Waals surface area (Å²) in [5.41, 5.74) is 1.25. The highest BCUT2D eigenvalue weighted by Crippen LogP contribution is 2.77. The molecule has 5 aliphatic carbocycles. The van der Waals surface area contributed by atoms with Crippen molar-refractivity contribution in [1.29, 1.82) is 0 Å². The van der Waals surface area contributed by atoms with Crippen LogP contribution >= 0.6 is 0 Å². The van der Waals surface area contributed by atoms with Crippen LogP contribution < -0.4 is 0 Å². The molecule has 5 rings (SSSR count). The second-order valence-electron chi connectivity index (χ2n) is 15.9. The lowest BCUT2D eigenvalue weighted by Crippen LogP contribution is -2.67. The Morgan fingerprint density at radius 2 is 1.58 bits per heavy atom. The van der Waals surface area contributed by atoms with Gasteiger partial charge in [0.2, 0.25) is 0 Å². The van der Waals surface area contributed by atoms with Crippen molar-refractivity contribution < 1.29 is 14.6 Å². The van der Waals surface area contributed by atoms with Gasteiger partial charge in [0.15, 0.2) is 0 Å². The van der Waals surface area contributed by atoms with Crippen LogP contribution in [0.2, 0.25) is 0 Å². The molecule has 3 heteroatoms. The van der Waals surface area contributed by atoms with Crippen LogP contribution in [0.5, 0.6) is 0 Å². The third kappa shape index (κ3) is 3.42. The van der Waals surface area contributed by atoms with E-state index in [4.69, 9.17) is 4.74 Å². The molecule has 0 saturated heterocycles. The van der Waals surface area contributed by atoms with Crippen LogP contribution in [0.15, 0.2) is 0 Å². The number of fused-ring (bicyclic) bond motifs is 7. The summed E-state index contributed by atoms with van der Waals surface area (Å²) in [6.07, 6.45) is 13.1. The fourth-order valence-electron chi connectivity index (χ4n) is 12.2. The summed E-state index contributed by atoms with van der Waals surface area (Å²) in [6.45, 7) is 20.0. The maximum atomic E-state index is 12.3. The minimum Gasteiger partial charge on any atom is -0.462 e. The molecule has 1 N–H and O–H groups in total. The molecule has 10 atom stereocenters. The summed E-state index contributed by atoms with van der Waals surface area (Å²) >= 11 is 0. The Balaban J connectivity index is 1.48. The van der Waals surface area contributed by atoms with E-state index in [0.717, 1.165) is 24.2 Å². The molecule has 0 aromatic heterocycles. The fraction of sp³-hybridized carbons (Fsp3) is 0.970. The van der Waals surface area contributed by atoms with Crippen molar-refractivity contribution in [3.05, 3.63) is 0 Å². The van der Waals surface area contributed by atoms with Gasteiger partial charge in [0.1, 0.15) is 6.10 Å². The summed E-state index contributed by atoms with van der Waals surface area (Å²) in [6, 6.07) is 0. The predicted molar refractivity (Wildman–Crippen MR) is 146 cm³/mol. The molecule has 5 aliphatic rings. The summed E-state index contributed by atoms with van der Waals surface area (Å²) in [7, 11) is 0. The van der Waals surface area contributed by atoms with E-state index in [1.165, 1.54) is 57.8 Å². The van der Waals surface area contributed by atoms with Gasteiger partial charge in [-0.05, 0) is 121 Å². The van der Waals surface area contributed by atoms with Crippen molar-refractivity contribution in [2.75, 3.05) is 6.61 Å². The minimum atomic E-state index is -0.0313. The molecule has 0 heterocycles. The molecule has 0 spiro atoms. The van der Waals surface area contributed by atoms with E-state index in [9.17, 15) is 9.90 Å². The smallest absolute Gasteiger partial charge is 0.305 e. The molecule has 0 amide bonds. The zero-order valence-electron chi connectivity index (χ0n) is 24.8. The van der Waals surface area contributed by atoms with Gasteiger partial charge in [-0.1, -0.05) is 55.4 Å². The Labute approximate surface area is 221 Å². The highest BCUT2D eigenvalue weighted by molar-refractivity contribution is 5.69. The number of rotatable bonds is 4. The number of aliphatic hydroxyl groups is 1. The lowest BCUT2D eigenvalue weighted by Gasteiger charge is -2.73. The van der Waals surface area contributed by atoms with Crippen LogP contribution in [0.3, 0.4) is 0 Å². The first kappa shape index (κ1) is 27.0. The monoisotopic (exact) mass is 500 g/mol. The van der Waals surface area contributed by atoms with Crippen LogP contribution in [0.1, 0.15) is 126 Å². The molecule has 0 aromatic rings. The SMILES string of the molecule is CCC(=O)O[C@H]1CC[C@]2(C)[C@H]3CC[C@@H]4[C@H]5[C@H](C(C)C)CC[C@]5(CO)CC[C@@]4(C)[C@]3(C)CC[C@H]2C1(C)C. The average molecular weight is 501 g/mol. The van der Waals surface area contributed by atoms with Gasteiger partial charge >= 0.3 is 5.97 Å². The number of hydrogen-bond donors (Lipinski definition) is 1. The molecule has 0 unspecified atom stereocenters. The van der Waals surface area contributed by atoms with Crippen molar-refractivity contribution >= 4 is 5.97 Å². The van der Waals surface area contributed by atoms with Crippen molar-refractivity contribution in [2.24, 2.45) is 62.6 Å². The van der Waals surface area contributed by atoms with Gasteiger partial charge in [0.05, 0.1) is 0 Å². The Morgan fingerprint density at radius 3 is 2.22 bits per heavy atom. The number of ether oxygens (including phenoxy) is 1. The maximum absolute atomic E-state index is 12.3. The first-order valence-electron chi connectivity index (χ1n) is 15.6. The Morgan fingerprint density at radius 1 is 0.861 bits per heavy atom. The molecule has 0 aliphatic heterocycles. The molecular formula is C33H56O3. The van der Waals surface area contributed by atoms with E-state index in [1.54, 1.807) is 0 Å². The molecular weight excluding hydrogens is 444 g/mol. The molecule has 5 fully saturated rings. The van der Waals surface area contributed by atoms with E-state index < -0.39 is 0 Å². The van der Waals surface area contributed by atoms with Crippen LogP contribution in [-0.4, -0.2) is 23.8 Å². The van der Waals surface area contributed by atoms with Gasteiger partial charge in [-0.3, -0.25) is 4.79 Å². The number of aliphatic hydroxyl groups excluding tert-OH is 1. The molecule has 3 nitrogen and oxygen atoms in total. The largest absolute Gasteiger partial charge is 0.462 e. The summed E-state index contributed by atoms with van der Waals surface area (Å²) in [5, 5.41) is 10.7. The van der Waals surface area contributed by atoms with Crippen LogP contribution in [-0.2, 0) is 9.53 Å². The predicted octanol–water partition coefficient (Wildman–Crippen LogP) is 8.04. The molecule has 5 saturated carbocycles. The van der Waals surface area contributed by atoms with Crippen molar-refractivity contribution in [2.45, 2.75) is 132 Å². The van der Waals surface area contributed by atoms with E-state index in [0.29, 0.717) is 47.0 Å². The number of carbonyl (C=O) groups is 1. The number of hydrogen-bond acceptors (Lipinski definition) is 3. The first-order chi connectivity index (χ1) is 16.8. The highest BCUT2D eigenvalue weighted by atomic mass is 16.5. The molecule has 0 aromatic carbocycles. The van der Waals surface area contributed by atoms with E-state index in [1.807, 2.05) is 6.92 Å². The van der Waals surface area contributed by atoms with Crippen LogP contribution in [0.25, 0.3) is 0 Å². The normalized spacial score (nSPS) is 51.6. The quantitative estimate of drug-likeness (QED) is 0.397. The minimum absolute atomic E-state index is 0.0313. The number of esters is 1. The third-order valence-corrected chi connectivity index (χ3v) is 14.3. The summed E-state index contributed by atoms with van der Waals surface area (Å²) < 4.78 is 6.06. The zero-order chi connectivity index (χ0) is 26.3. The maximum Gasteiger partial charge on any atom is 0.305 e. The zero-order valence-corrected chi connectivity index (χ0v) is 24.8. The van der Waals surface area contributed by atoms with Gasteiger partial charge in [0.25, 0.3) is 0 Å². The van der Waals surface area contributed by atoms with Crippen molar-refractivity contribution in [3.8, 4) is 0 Å². The van der Waals surface area contributed by atoms with Crippen molar-refractivity contribution in [1.82, 2.24) is 0 Å². The molecule has 0 bridgehead atoms. The molecule has 36 heavy (non-hydrogen) atoms. The van der Waals surface area contributed by atoms with Crippen LogP contribution in [0, 0.1) is 62.6 Å². The Hall–Kier alpha value is -0.570. The number of carbonyl (C=O) groups excluding carboxylic acids is 1. The highest BCUT2D eigenvalue weighted by Gasteiger charge is 2.71. The lowest BCUT2D eigenvalue weighted by molar-refractivity contribution is -0.253. The van der Waals surface area contributed by atoms with Crippen LogP contribution in [0.4, 0.5) is 0 Å². The van der Waals surface area contributed by atoms with Crippen molar-refractivity contribution in [3.63, 3.8) is 0 Å². The second-order valence-corrected chi connectivity index (χ2v) is 15.9. The van der Waals surface area contributed by atoms with Gasteiger partial charge in [0, 0.05) is 18.4 Å². The standard InChI is InChI=1S/C33H56O3/c1-9-27(35)36-26-14-15-30(6)24(29(26,4)5)13-16-32(8)25(30)11-10-23-28-22(21(2)3)12-17-33(28,20-34)19-18-31(23,32)7/h21-26,28,34H,9-20H2,1-8H3/t22-,23+,24-,25+,26-,28+,30-,31+,32+,33+/m0/s1. The molecule has 206 valence electrons. The van der Waals surface area contributed by atoms with E-state index in [-0.39, 0.29) is 22.9 Å². The average Bonchev–Trinajstić information content (AvgIpc) is 3.22. The Kier molecular flexibility index (Phi) is 6.54. The van der Waals surface area contributed by atoms with E-state index >= 15 is 0 Å². The fourth-order valence-corrected chi connectivity index (χ4v) is 12.2. The Bertz CT molecular complexity index is 863. The first-order valence-corrected chi connectivity index (χ1v) is 15.6. The second kappa shape index (κ2) is 8.72. The topological polar surface area (TPSA) is 46.5 Å². The summed E-state index contributed by atoms with van der Waals surface area (Å²) in [4.78, 5) is 12.3. The molecule has 0 radical (unpaired) electrons. The van der Waals surface area contributed by atoms with Gasteiger partial charge in [-0.15, -0.1) is 0 Å². The van der Waals surface area contributed by atoms with Gasteiger partial charge in [-0.25, -0.2) is 0 Å². The third-order valence-electron chi connectivity index (χ3n) is 14.3.